The first-order valence-electron chi connectivity index (χ1n) is 6.36. The average molecular weight is 278 g/mol. The fourth-order valence-electron chi connectivity index (χ4n) is 2.55. The van der Waals surface area contributed by atoms with Gasteiger partial charge in [0.05, 0.1) is 5.25 Å². The smallest absolute Gasteiger partial charge is 0.217 e. The third kappa shape index (κ3) is 2.80. The second kappa shape index (κ2) is 5.47. The van der Waals surface area contributed by atoms with Crippen LogP contribution in [0.3, 0.4) is 0 Å². The zero-order valence-corrected chi connectivity index (χ0v) is 12.2. The molecular weight excluding hydrogens is 256 g/mol. The standard InChI is InChI=1S/C11H22N2O2S2/c1-9-10(2)16-8-7-13(9)17(14,15)11-3-5-12-6-4-11/h9-12H,3-8H2,1-2H3. The van der Waals surface area contributed by atoms with Gasteiger partial charge in [-0.05, 0) is 32.9 Å². The molecule has 0 radical (unpaired) electrons. The van der Waals surface area contributed by atoms with Crippen LogP contribution in [-0.2, 0) is 10.0 Å². The van der Waals surface area contributed by atoms with Gasteiger partial charge in [0.2, 0.25) is 10.0 Å². The number of nitrogens with zero attached hydrogens (tertiary/aromatic N) is 1. The van der Waals surface area contributed by atoms with E-state index < -0.39 is 10.0 Å². The van der Waals surface area contributed by atoms with Crippen molar-refractivity contribution in [2.75, 3.05) is 25.4 Å². The largest absolute Gasteiger partial charge is 0.317 e. The highest BCUT2D eigenvalue weighted by atomic mass is 32.2. The maximum atomic E-state index is 12.6. The van der Waals surface area contributed by atoms with Crippen LogP contribution in [-0.4, -0.2) is 54.7 Å². The Balaban J connectivity index is 2.13. The van der Waals surface area contributed by atoms with Gasteiger partial charge in [-0.3, -0.25) is 0 Å². The summed E-state index contributed by atoms with van der Waals surface area (Å²) in [5.74, 6) is 0.926. The van der Waals surface area contributed by atoms with Gasteiger partial charge < -0.3 is 5.32 Å². The van der Waals surface area contributed by atoms with E-state index in [2.05, 4.69) is 12.2 Å². The van der Waals surface area contributed by atoms with Gasteiger partial charge in [-0.15, -0.1) is 0 Å². The van der Waals surface area contributed by atoms with E-state index in [0.29, 0.717) is 11.8 Å². The second-order valence-electron chi connectivity index (χ2n) is 4.92. The van der Waals surface area contributed by atoms with Gasteiger partial charge >= 0.3 is 0 Å². The predicted octanol–water partition coefficient (Wildman–Crippen LogP) is 0.894. The minimum absolute atomic E-state index is 0.133. The summed E-state index contributed by atoms with van der Waals surface area (Å²) in [7, 11) is -3.09. The highest BCUT2D eigenvalue weighted by Crippen LogP contribution is 2.29. The summed E-state index contributed by atoms with van der Waals surface area (Å²) in [5, 5.41) is 3.46. The normalized spacial score (nSPS) is 33.8. The molecule has 2 unspecified atom stereocenters. The minimum Gasteiger partial charge on any atom is -0.317 e. The van der Waals surface area contributed by atoms with E-state index in [-0.39, 0.29) is 11.3 Å². The first kappa shape index (κ1) is 13.6. The fraction of sp³-hybridized carbons (Fsp3) is 1.00. The molecule has 100 valence electrons. The molecule has 4 nitrogen and oxygen atoms in total. The summed E-state index contributed by atoms with van der Waals surface area (Å²) in [4.78, 5) is 0. The highest BCUT2D eigenvalue weighted by Gasteiger charge is 2.38. The van der Waals surface area contributed by atoms with Gasteiger partial charge in [-0.2, -0.15) is 16.1 Å². The van der Waals surface area contributed by atoms with Gasteiger partial charge in [0.15, 0.2) is 0 Å². The second-order valence-corrected chi connectivity index (χ2v) is 8.57. The molecule has 2 aliphatic rings. The van der Waals surface area contributed by atoms with Crippen molar-refractivity contribution in [3.63, 3.8) is 0 Å². The Labute approximate surface area is 109 Å². The van der Waals surface area contributed by atoms with Crippen molar-refractivity contribution in [2.45, 2.75) is 43.2 Å². The zero-order valence-electron chi connectivity index (χ0n) is 10.6. The lowest BCUT2D eigenvalue weighted by molar-refractivity contribution is 0.329. The van der Waals surface area contributed by atoms with Gasteiger partial charge in [-0.1, -0.05) is 6.92 Å². The topological polar surface area (TPSA) is 49.4 Å². The van der Waals surface area contributed by atoms with E-state index in [1.165, 1.54) is 0 Å². The van der Waals surface area contributed by atoms with Crippen molar-refractivity contribution in [3.8, 4) is 0 Å². The third-order valence-electron chi connectivity index (χ3n) is 3.86. The van der Waals surface area contributed by atoms with Gasteiger partial charge in [0, 0.05) is 23.6 Å². The van der Waals surface area contributed by atoms with Crippen LogP contribution in [0.15, 0.2) is 0 Å². The summed E-state index contributed by atoms with van der Waals surface area (Å²) < 4.78 is 26.9. The molecule has 2 heterocycles. The van der Waals surface area contributed by atoms with Gasteiger partial charge in [-0.25, -0.2) is 8.42 Å². The summed E-state index contributed by atoms with van der Waals surface area (Å²) in [6.45, 7) is 6.50. The SMILES string of the molecule is CC1SCCN(S(=O)(=O)C2CCNCC2)C1C. The van der Waals surface area contributed by atoms with Crippen LogP contribution in [0.5, 0.6) is 0 Å². The molecule has 0 aromatic heterocycles. The van der Waals surface area contributed by atoms with Gasteiger partial charge in [0.1, 0.15) is 0 Å². The number of thioether (sulfide) groups is 1. The minimum atomic E-state index is -3.09. The molecule has 2 saturated heterocycles. The van der Waals surface area contributed by atoms with Gasteiger partial charge in [0.25, 0.3) is 0 Å². The van der Waals surface area contributed by atoms with Crippen molar-refractivity contribution in [3.05, 3.63) is 0 Å². The first-order valence-corrected chi connectivity index (χ1v) is 8.91. The van der Waals surface area contributed by atoms with Crippen LogP contribution in [0.1, 0.15) is 26.7 Å². The molecule has 2 rings (SSSR count). The summed E-state index contributed by atoms with van der Waals surface area (Å²) >= 11 is 1.87. The Morgan fingerprint density at radius 2 is 1.88 bits per heavy atom. The van der Waals surface area contributed by atoms with Crippen LogP contribution < -0.4 is 5.32 Å². The summed E-state index contributed by atoms with van der Waals surface area (Å²) in [6, 6.07) is 0.133. The number of nitrogens with one attached hydrogen (secondary N) is 1. The number of piperidine rings is 1. The van der Waals surface area contributed by atoms with Crippen molar-refractivity contribution >= 4 is 21.8 Å². The molecule has 0 bridgehead atoms. The zero-order chi connectivity index (χ0) is 12.5. The Hall–Kier alpha value is 0.220. The lowest BCUT2D eigenvalue weighted by atomic mass is 10.2. The lowest BCUT2D eigenvalue weighted by Gasteiger charge is -2.39. The highest BCUT2D eigenvalue weighted by molar-refractivity contribution is 8.00. The van der Waals surface area contributed by atoms with Crippen molar-refractivity contribution in [1.29, 1.82) is 0 Å². The molecular formula is C11H22N2O2S2. The Bertz CT molecular complexity index is 352. The Morgan fingerprint density at radius 1 is 1.24 bits per heavy atom. The molecule has 1 N–H and O–H groups in total. The number of rotatable bonds is 2. The molecule has 17 heavy (non-hydrogen) atoms. The molecule has 0 amide bonds. The van der Waals surface area contributed by atoms with Crippen molar-refractivity contribution in [2.24, 2.45) is 0 Å². The molecule has 0 aliphatic carbocycles. The maximum Gasteiger partial charge on any atom is 0.217 e. The Kier molecular flexibility index (Phi) is 4.39. The molecule has 6 heteroatoms. The van der Waals surface area contributed by atoms with E-state index in [1.807, 2.05) is 18.7 Å². The van der Waals surface area contributed by atoms with Crippen molar-refractivity contribution < 1.29 is 8.42 Å². The predicted molar refractivity (Wildman–Crippen MR) is 72.9 cm³/mol. The number of hydrogen-bond donors (Lipinski definition) is 1. The lowest BCUT2D eigenvalue weighted by Crippen LogP contribution is -2.52. The molecule has 2 aliphatic heterocycles. The van der Waals surface area contributed by atoms with Crippen LogP contribution in [0, 0.1) is 0 Å². The average Bonchev–Trinajstić information content (AvgIpc) is 2.33. The molecule has 0 spiro atoms. The van der Waals surface area contributed by atoms with Crippen LogP contribution in [0.4, 0.5) is 0 Å². The molecule has 0 saturated carbocycles. The van der Waals surface area contributed by atoms with E-state index in [9.17, 15) is 8.42 Å². The summed E-state index contributed by atoms with van der Waals surface area (Å²) in [6.07, 6.45) is 1.51. The summed E-state index contributed by atoms with van der Waals surface area (Å²) in [5.41, 5.74) is 0. The van der Waals surface area contributed by atoms with E-state index in [4.69, 9.17) is 0 Å². The Morgan fingerprint density at radius 3 is 2.53 bits per heavy atom. The van der Waals surface area contributed by atoms with E-state index in [0.717, 1.165) is 31.7 Å². The fourth-order valence-corrected chi connectivity index (χ4v) is 6.05. The van der Waals surface area contributed by atoms with E-state index in [1.54, 1.807) is 4.31 Å². The quantitative estimate of drug-likeness (QED) is 0.815. The van der Waals surface area contributed by atoms with E-state index >= 15 is 0 Å². The first-order chi connectivity index (χ1) is 8.03. The molecule has 2 atom stereocenters. The van der Waals surface area contributed by atoms with Crippen LogP contribution in [0.2, 0.25) is 0 Å². The monoisotopic (exact) mass is 278 g/mol. The van der Waals surface area contributed by atoms with Crippen LogP contribution in [0.25, 0.3) is 0 Å². The molecule has 0 aromatic carbocycles. The number of hydrogen-bond acceptors (Lipinski definition) is 4. The number of sulfonamides is 1. The third-order valence-corrected chi connectivity index (χ3v) is 7.68. The van der Waals surface area contributed by atoms with Crippen molar-refractivity contribution in [1.82, 2.24) is 9.62 Å². The maximum absolute atomic E-state index is 12.6. The molecule has 0 aromatic rings. The van der Waals surface area contributed by atoms with Crippen LogP contribution >= 0.6 is 11.8 Å². The molecule has 2 fully saturated rings.